The van der Waals surface area contributed by atoms with Crippen LogP contribution in [0.25, 0.3) is 0 Å². The minimum Gasteiger partial charge on any atom is -0.495 e. The summed E-state index contributed by atoms with van der Waals surface area (Å²) in [7, 11) is -2.46. The van der Waals surface area contributed by atoms with E-state index >= 15 is 0 Å². The minimum absolute atomic E-state index is 0.0320. The number of ketones is 1. The molecule has 3 aromatic carbocycles. The van der Waals surface area contributed by atoms with Gasteiger partial charge in [-0.2, -0.15) is 0 Å². The fraction of sp³-hybridized carbons (Fsp3) is 0.120. The van der Waals surface area contributed by atoms with Gasteiger partial charge in [-0.15, -0.1) is 0 Å². The maximum atomic E-state index is 12.8. The van der Waals surface area contributed by atoms with Gasteiger partial charge in [0.05, 0.1) is 18.2 Å². The lowest BCUT2D eigenvalue weighted by atomic mass is 10.0. The molecule has 1 heterocycles. The third-order valence-corrected chi connectivity index (χ3v) is 7.75. The van der Waals surface area contributed by atoms with Gasteiger partial charge >= 0.3 is 0 Å². The first kappa shape index (κ1) is 24.9. The number of sulfonamides is 1. The SMILES string of the molecule is COc1ccc(Cl)cc1S(=O)(=O)NCc1cccc(Nc2ncc(C(=O)c3ccccc3C)s2)c1. The zero-order chi connectivity index (χ0) is 25.0. The summed E-state index contributed by atoms with van der Waals surface area (Å²) < 4.78 is 33.4. The van der Waals surface area contributed by atoms with E-state index in [0.29, 0.717) is 26.3 Å². The zero-order valence-corrected chi connectivity index (χ0v) is 21.3. The molecule has 0 spiro atoms. The van der Waals surface area contributed by atoms with Crippen LogP contribution in [0, 0.1) is 6.92 Å². The predicted octanol–water partition coefficient (Wildman–Crippen LogP) is 5.57. The summed E-state index contributed by atoms with van der Waals surface area (Å²) in [4.78, 5) is 17.6. The molecule has 0 atom stereocenters. The number of nitrogens with one attached hydrogen (secondary N) is 2. The minimum atomic E-state index is -3.86. The Morgan fingerprint density at radius 3 is 2.66 bits per heavy atom. The van der Waals surface area contributed by atoms with E-state index in [2.05, 4.69) is 15.0 Å². The molecule has 0 fully saturated rings. The molecule has 0 saturated carbocycles. The molecular weight excluding hydrogens is 506 g/mol. The zero-order valence-electron chi connectivity index (χ0n) is 18.9. The number of methoxy groups -OCH3 is 1. The third-order valence-electron chi connectivity index (χ3n) is 5.18. The summed E-state index contributed by atoms with van der Waals surface area (Å²) in [5, 5.41) is 4.03. The Labute approximate surface area is 212 Å². The second-order valence-corrected chi connectivity index (χ2v) is 10.8. The van der Waals surface area contributed by atoms with Gasteiger partial charge in [-0.25, -0.2) is 18.1 Å². The molecule has 0 aliphatic heterocycles. The number of hydrogen-bond acceptors (Lipinski definition) is 7. The fourth-order valence-electron chi connectivity index (χ4n) is 3.40. The Morgan fingerprint density at radius 2 is 1.89 bits per heavy atom. The molecule has 10 heteroatoms. The molecule has 180 valence electrons. The maximum absolute atomic E-state index is 12.8. The quantitative estimate of drug-likeness (QED) is 0.276. The highest BCUT2D eigenvalue weighted by Gasteiger charge is 2.20. The van der Waals surface area contributed by atoms with Crippen LogP contribution in [-0.4, -0.2) is 26.3 Å². The number of ether oxygens (including phenoxy) is 1. The molecule has 35 heavy (non-hydrogen) atoms. The Kier molecular flexibility index (Phi) is 7.51. The molecule has 0 aliphatic carbocycles. The molecule has 1 aromatic heterocycles. The lowest BCUT2D eigenvalue weighted by molar-refractivity contribution is 0.104. The van der Waals surface area contributed by atoms with Crippen molar-refractivity contribution in [2.24, 2.45) is 0 Å². The monoisotopic (exact) mass is 527 g/mol. The molecule has 7 nitrogen and oxygen atoms in total. The summed E-state index contributed by atoms with van der Waals surface area (Å²) in [6.07, 6.45) is 1.55. The number of rotatable bonds is 9. The van der Waals surface area contributed by atoms with Gasteiger partial charge in [0.15, 0.2) is 5.13 Å². The molecule has 0 aliphatic rings. The summed E-state index contributed by atoms with van der Waals surface area (Å²) in [6, 6.07) is 19.1. The number of aromatic nitrogens is 1. The smallest absolute Gasteiger partial charge is 0.244 e. The summed E-state index contributed by atoms with van der Waals surface area (Å²) >= 11 is 7.23. The van der Waals surface area contributed by atoms with E-state index in [1.807, 2.05) is 37.3 Å². The van der Waals surface area contributed by atoms with Crippen molar-refractivity contribution in [3.05, 3.63) is 99.5 Å². The van der Waals surface area contributed by atoms with Crippen molar-refractivity contribution in [3.8, 4) is 5.75 Å². The van der Waals surface area contributed by atoms with Crippen LogP contribution in [0.4, 0.5) is 10.8 Å². The number of carbonyl (C=O) groups excluding carboxylic acids is 1. The van der Waals surface area contributed by atoms with Crippen LogP contribution >= 0.6 is 22.9 Å². The van der Waals surface area contributed by atoms with E-state index in [0.717, 1.165) is 11.1 Å². The Morgan fingerprint density at radius 1 is 1.09 bits per heavy atom. The summed E-state index contributed by atoms with van der Waals surface area (Å²) in [5.74, 6) is 0.130. The Balaban J connectivity index is 1.45. The van der Waals surface area contributed by atoms with Crippen molar-refractivity contribution in [1.82, 2.24) is 9.71 Å². The van der Waals surface area contributed by atoms with Crippen LogP contribution in [0.15, 0.2) is 77.8 Å². The number of aryl methyl sites for hydroxylation is 1. The molecule has 4 rings (SSSR count). The largest absolute Gasteiger partial charge is 0.495 e. The first-order valence-corrected chi connectivity index (χ1v) is 13.2. The van der Waals surface area contributed by atoms with Gasteiger partial charge in [-0.1, -0.05) is 59.3 Å². The number of halogens is 1. The highest BCUT2D eigenvalue weighted by Crippen LogP contribution is 2.28. The number of carbonyl (C=O) groups is 1. The molecule has 4 aromatic rings. The molecule has 0 bridgehead atoms. The Bertz CT molecular complexity index is 1490. The maximum Gasteiger partial charge on any atom is 0.244 e. The van der Waals surface area contributed by atoms with E-state index < -0.39 is 10.0 Å². The molecule has 0 amide bonds. The first-order valence-electron chi connectivity index (χ1n) is 10.5. The number of thiazole rings is 1. The lowest BCUT2D eigenvalue weighted by Gasteiger charge is -2.12. The van der Waals surface area contributed by atoms with Gasteiger partial charge in [0.1, 0.15) is 10.6 Å². The van der Waals surface area contributed by atoms with Crippen molar-refractivity contribution >= 4 is 49.6 Å². The molecular formula is C25H22ClN3O4S2. The Hall–Kier alpha value is -3.24. The van der Waals surface area contributed by atoms with E-state index in [1.54, 1.807) is 30.5 Å². The van der Waals surface area contributed by atoms with Gasteiger partial charge in [-0.3, -0.25) is 4.79 Å². The van der Waals surface area contributed by atoms with Crippen LogP contribution in [0.1, 0.15) is 26.4 Å². The van der Waals surface area contributed by atoms with Gasteiger partial charge in [0.25, 0.3) is 0 Å². The lowest BCUT2D eigenvalue weighted by Crippen LogP contribution is -2.23. The van der Waals surface area contributed by atoms with Crippen LogP contribution in [-0.2, 0) is 16.6 Å². The second-order valence-electron chi connectivity index (χ2n) is 7.62. The molecule has 2 N–H and O–H groups in total. The number of hydrogen-bond donors (Lipinski definition) is 2. The topological polar surface area (TPSA) is 97.4 Å². The van der Waals surface area contributed by atoms with E-state index in [-0.39, 0.29) is 23.0 Å². The van der Waals surface area contributed by atoms with Crippen molar-refractivity contribution in [2.45, 2.75) is 18.4 Å². The van der Waals surface area contributed by atoms with E-state index in [4.69, 9.17) is 16.3 Å². The highest BCUT2D eigenvalue weighted by atomic mass is 35.5. The number of nitrogens with zero attached hydrogens (tertiary/aromatic N) is 1. The van der Waals surface area contributed by atoms with Crippen molar-refractivity contribution in [1.29, 1.82) is 0 Å². The average Bonchev–Trinajstić information content (AvgIpc) is 3.31. The summed E-state index contributed by atoms with van der Waals surface area (Å²) in [6.45, 7) is 1.96. The van der Waals surface area contributed by atoms with Gasteiger partial charge in [0.2, 0.25) is 15.8 Å². The number of benzene rings is 3. The van der Waals surface area contributed by atoms with Crippen LogP contribution in [0.3, 0.4) is 0 Å². The highest BCUT2D eigenvalue weighted by molar-refractivity contribution is 7.89. The average molecular weight is 528 g/mol. The fourth-order valence-corrected chi connectivity index (χ4v) is 5.63. The van der Waals surface area contributed by atoms with Crippen molar-refractivity contribution < 1.29 is 17.9 Å². The van der Waals surface area contributed by atoms with Crippen molar-refractivity contribution in [3.63, 3.8) is 0 Å². The third kappa shape index (κ3) is 5.88. The molecule has 0 unspecified atom stereocenters. The standard InChI is InChI=1S/C25H22ClN3O4S2/c1-16-6-3-4-9-20(16)24(30)22-15-27-25(34-22)29-19-8-5-7-17(12-19)14-28-35(31,32)23-13-18(26)10-11-21(23)33-2/h3-13,15,28H,14H2,1-2H3,(H,27,29). The normalized spacial score (nSPS) is 11.3. The van der Waals surface area contributed by atoms with Gasteiger partial charge < -0.3 is 10.1 Å². The van der Waals surface area contributed by atoms with Crippen LogP contribution in [0.2, 0.25) is 5.02 Å². The van der Waals surface area contributed by atoms with E-state index in [1.165, 1.54) is 30.6 Å². The first-order chi connectivity index (χ1) is 16.8. The van der Waals surface area contributed by atoms with Gasteiger partial charge in [-0.05, 0) is 48.4 Å². The van der Waals surface area contributed by atoms with Crippen LogP contribution in [0.5, 0.6) is 5.75 Å². The van der Waals surface area contributed by atoms with Crippen LogP contribution < -0.4 is 14.8 Å². The number of anilines is 2. The van der Waals surface area contributed by atoms with Gasteiger partial charge in [0, 0.05) is 22.8 Å². The molecule has 0 radical (unpaired) electrons. The summed E-state index contributed by atoms with van der Waals surface area (Å²) in [5.41, 5.74) is 3.00. The second kappa shape index (κ2) is 10.6. The van der Waals surface area contributed by atoms with Crippen molar-refractivity contribution in [2.75, 3.05) is 12.4 Å². The molecule has 0 saturated heterocycles. The van der Waals surface area contributed by atoms with E-state index in [9.17, 15) is 13.2 Å². The predicted molar refractivity (Wildman–Crippen MR) is 138 cm³/mol.